The highest BCUT2D eigenvalue weighted by Crippen LogP contribution is 2.17. The van der Waals surface area contributed by atoms with Crippen LogP contribution >= 0.6 is 0 Å². The van der Waals surface area contributed by atoms with E-state index in [-0.39, 0.29) is 5.91 Å². The molecule has 19 heavy (non-hydrogen) atoms. The molecule has 0 bridgehead atoms. The van der Waals surface area contributed by atoms with Gasteiger partial charge in [-0.1, -0.05) is 25.1 Å². The Balaban J connectivity index is 2.13. The molecular weight excluding hydrogens is 236 g/mol. The average Bonchev–Trinajstić information content (AvgIpc) is 2.74. The highest BCUT2D eigenvalue weighted by atomic mass is 16.2. The number of aryl methyl sites for hydroxylation is 1. The molecule has 1 aromatic carbocycles. The average molecular weight is 260 g/mol. The number of hydrogen-bond acceptors (Lipinski definition) is 2. The van der Waals surface area contributed by atoms with E-state index in [1.54, 1.807) is 0 Å². The minimum absolute atomic E-state index is 0.171. The second kappa shape index (κ2) is 6.71. The molecule has 0 radical (unpaired) electrons. The maximum atomic E-state index is 12.6. The van der Waals surface area contributed by atoms with Gasteiger partial charge in [0.1, 0.15) is 0 Å². The van der Waals surface area contributed by atoms with E-state index in [4.69, 9.17) is 0 Å². The van der Waals surface area contributed by atoms with Crippen LogP contribution in [0.15, 0.2) is 24.3 Å². The topological polar surface area (TPSA) is 32.3 Å². The Labute approximate surface area is 116 Å². The van der Waals surface area contributed by atoms with E-state index in [2.05, 4.69) is 18.3 Å². The standard InChI is InChI=1S/C16H24N2O/c1-3-13-7-4-5-9-15(13)16(19)18(2)14-8-6-11-17-12-10-14/h4-5,7,9,14,17H,3,6,8,10-12H2,1-2H3. The number of amides is 1. The summed E-state index contributed by atoms with van der Waals surface area (Å²) in [4.78, 5) is 14.6. The normalized spacial score (nSPS) is 19.8. The van der Waals surface area contributed by atoms with Gasteiger partial charge in [0.15, 0.2) is 0 Å². The van der Waals surface area contributed by atoms with Crippen molar-refractivity contribution in [2.24, 2.45) is 0 Å². The maximum absolute atomic E-state index is 12.6. The maximum Gasteiger partial charge on any atom is 0.254 e. The van der Waals surface area contributed by atoms with Crippen molar-refractivity contribution in [3.8, 4) is 0 Å². The van der Waals surface area contributed by atoms with Crippen molar-refractivity contribution in [1.82, 2.24) is 10.2 Å². The molecule has 104 valence electrons. The summed E-state index contributed by atoms with van der Waals surface area (Å²) >= 11 is 0. The largest absolute Gasteiger partial charge is 0.339 e. The van der Waals surface area contributed by atoms with Gasteiger partial charge < -0.3 is 10.2 Å². The van der Waals surface area contributed by atoms with Gasteiger partial charge in [0.25, 0.3) is 5.91 Å². The molecule has 3 nitrogen and oxygen atoms in total. The second-order valence-corrected chi connectivity index (χ2v) is 5.26. The van der Waals surface area contributed by atoms with Crippen molar-refractivity contribution >= 4 is 5.91 Å². The summed E-state index contributed by atoms with van der Waals surface area (Å²) in [5.74, 6) is 0.171. The number of hydrogen-bond donors (Lipinski definition) is 1. The lowest BCUT2D eigenvalue weighted by Crippen LogP contribution is -2.38. The molecular formula is C16H24N2O. The highest BCUT2D eigenvalue weighted by Gasteiger charge is 2.23. The summed E-state index contributed by atoms with van der Waals surface area (Å²) in [6, 6.07) is 8.33. The van der Waals surface area contributed by atoms with Crippen molar-refractivity contribution in [2.45, 2.75) is 38.6 Å². The molecule has 0 aromatic heterocycles. The van der Waals surface area contributed by atoms with Crippen LogP contribution in [0.25, 0.3) is 0 Å². The van der Waals surface area contributed by atoms with Crippen molar-refractivity contribution in [3.63, 3.8) is 0 Å². The molecule has 3 heteroatoms. The van der Waals surface area contributed by atoms with Crippen molar-refractivity contribution in [2.75, 3.05) is 20.1 Å². The number of nitrogens with zero attached hydrogens (tertiary/aromatic N) is 1. The van der Waals surface area contributed by atoms with Crippen LogP contribution in [0.1, 0.15) is 42.1 Å². The van der Waals surface area contributed by atoms with Gasteiger partial charge in [0.2, 0.25) is 0 Å². The monoisotopic (exact) mass is 260 g/mol. The molecule has 0 aliphatic carbocycles. The Hall–Kier alpha value is -1.35. The van der Waals surface area contributed by atoms with Crippen molar-refractivity contribution in [1.29, 1.82) is 0 Å². The Kier molecular flexibility index (Phi) is 4.97. The van der Waals surface area contributed by atoms with E-state index >= 15 is 0 Å². The first-order valence-corrected chi connectivity index (χ1v) is 7.29. The third-order valence-electron chi connectivity index (χ3n) is 4.04. The predicted molar refractivity (Wildman–Crippen MR) is 78.4 cm³/mol. The van der Waals surface area contributed by atoms with Crippen LogP contribution in [0.5, 0.6) is 0 Å². The molecule has 0 spiro atoms. The Morgan fingerprint density at radius 3 is 2.89 bits per heavy atom. The van der Waals surface area contributed by atoms with Crippen LogP contribution < -0.4 is 5.32 Å². The quantitative estimate of drug-likeness (QED) is 0.905. The van der Waals surface area contributed by atoms with Gasteiger partial charge in [-0.2, -0.15) is 0 Å². The number of nitrogens with one attached hydrogen (secondary N) is 1. The van der Waals surface area contributed by atoms with Gasteiger partial charge in [-0.05, 0) is 50.4 Å². The van der Waals surface area contributed by atoms with E-state index in [0.717, 1.165) is 49.9 Å². The van der Waals surface area contributed by atoms with Gasteiger partial charge in [-0.3, -0.25) is 4.79 Å². The van der Waals surface area contributed by atoms with E-state index in [1.165, 1.54) is 0 Å². The molecule has 1 aliphatic rings. The second-order valence-electron chi connectivity index (χ2n) is 5.26. The van der Waals surface area contributed by atoms with Crippen molar-refractivity contribution in [3.05, 3.63) is 35.4 Å². The first-order valence-electron chi connectivity index (χ1n) is 7.29. The number of benzene rings is 1. The molecule has 1 heterocycles. The minimum atomic E-state index is 0.171. The van der Waals surface area contributed by atoms with E-state index < -0.39 is 0 Å². The van der Waals surface area contributed by atoms with E-state index in [0.29, 0.717) is 6.04 Å². The molecule has 1 N–H and O–H groups in total. The first-order chi connectivity index (χ1) is 9.24. The van der Waals surface area contributed by atoms with Gasteiger partial charge in [0.05, 0.1) is 0 Å². The molecule has 1 atom stereocenters. The third kappa shape index (κ3) is 3.35. The van der Waals surface area contributed by atoms with Crippen LogP contribution in [0, 0.1) is 0 Å². The zero-order valence-corrected chi connectivity index (χ0v) is 12.0. The highest BCUT2D eigenvalue weighted by molar-refractivity contribution is 5.95. The lowest BCUT2D eigenvalue weighted by Gasteiger charge is -2.27. The summed E-state index contributed by atoms with van der Waals surface area (Å²) in [5, 5.41) is 3.40. The summed E-state index contributed by atoms with van der Waals surface area (Å²) in [7, 11) is 1.95. The van der Waals surface area contributed by atoms with E-state index in [1.807, 2.05) is 30.1 Å². The molecule has 1 aromatic rings. The molecule has 1 saturated heterocycles. The Bertz CT molecular complexity index is 423. The summed E-state index contributed by atoms with van der Waals surface area (Å²) < 4.78 is 0. The van der Waals surface area contributed by atoms with Gasteiger partial charge in [0, 0.05) is 18.7 Å². The van der Waals surface area contributed by atoms with Gasteiger partial charge in [-0.25, -0.2) is 0 Å². The zero-order valence-electron chi connectivity index (χ0n) is 12.0. The van der Waals surface area contributed by atoms with Crippen LogP contribution in [0.2, 0.25) is 0 Å². The predicted octanol–water partition coefficient (Wildman–Crippen LogP) is 2.46. The Morgan fingerprint density at radius 2 is 2.11 bits per heavy atom. The molecule has 1 fully saturated rings. The fourth-order valence-electron chi connectivity index (χ4n) is 2.78. The first kappa shape index (κ1) is 14.1. The van der Waals surface area contributed by atoms with Crippen molar-refractivity contribution < 1.29 is 4.79 Å². The summed E-state index contributed by atoms with van der Waals surface area (Å²) in [5.41, 5.74) is 2.01. The molecule has 1 unspecified atom stereocenters. The molecule has 1 amide bonds. The Morgan fingerprint density at radius 1 is 1.32 bits per heavy atom. The van der Waals surface area contributed by atoms with Gasteiger partial charge >= 0.3 is 0 Å². The van der Waals surface area contributed by atoms with Crippen LogP contribution in [-0.4, -0.2) is 37.0 Å². The fraction of sp³-hybridized carbons (Fsp3) is 0.562. The lowest BCUT2D eigenvalue weighted by molar-refractivity contribution is 0.0719. The molecule has 2 rings (SSSR count). The smallest absolute Gasteiger partial charge is 0.254 e. The number of rotatable bonds is 3. The number of carbonyl (C=O) groups is 1. The summed E-state index contributed by atoms with van der Waals surface area (Å²) in [6.45, 7) is 4.18. The van der Waals surface area contributed by atoms with E-state index in [9.17, 15) is 4.79 Å². The summed E-state index contributed by atoms with van der Waals surface area (Å²) in [6.07, 6.45) is 4.21. The minimum Gasteiger partial charge on any atom is -0.339 e. The zero-order chi connectivity index (χ0) is 13.7. The van der Waals surface area contributed by atoms with Crippen LogP contribution in [0.4, 0.5) is 0 Å². The number of carbonyl (C=O) groups excluding carboxylic acids is 1. The molecule has 0 saturated carbocycles. The SMILES string of the molecule is CCc1ccccc1C(=O)N(C)C1CCCNCC1. The van der Waals surface area contributed by atoms with Crippen LogP contribution in [-0.2, 0) is 6.42 Å². The van der Waals surface area contributed by atoms with Gasteiger partial charge in [-0.15, -0.1) is 0 Å². The fourth-order valence-corrected chi connectivity index (χ4v) is 2.78. The lowest BCUT2D eigenvalue weighted by atomic mass is 10.0. The van der Waals surface area contributed by atoms with Crippen LogP contribution in [0.3, 0.4) is 0 Å². The molecule has 1 aliphatic heterocycles. The third-order valence-corrected chi connectivity index (χ3v) is 4.04.